The minimum absolute atomic E-state index is 0.0207. The molecule has 0 unspecified atom stereocenters. The van der Waals surface area contributed by atoms with Gasteiger partial charge in [-0.3, -0.25) is 19.3 Å². The van der Waals surface area contributed by atoms with Gasteiger partial charge in [-0.25, -0.2) is 12.8 Å². The number of amides is 3. The molecule has 3 heterocycles. The second kappa shape index (κ2) is 12.9. The number of aliphatic hydroxyl groups is 1. The molecule has 0 bridgehead atoms. The SMILES string of the molecule is Cc1c(N2CCCC2=O)cc(F)cc1S(=O)(=O)N[C@@H](CNC(=O)c1ccc(Cl)s1)C(=O)N1CCN(CCO)CC1. The monoisotopic (exact) mass is 615 g/mol. The molecule has 0 spiro atoms. The highest BCUT2D eigenvalue weighted by Crippen LogP contribution is 2.31. The van der Waals surface area contributed by atoms with E-state index >= 15 is 0 Å². The normalized spacial score (nSPS) is 17.4. The van der Waals surface area contributed by atoms with Crippen LogP contribution in [-0.4, -0.2) is 99.5 Å². The molecular weight excluding hydrogens is 585 g/mol. The summed E-state index contributed by atoms with van der Waals surface area (Å²) in [5.74, 6) is -2.15. The minimum atomic E-state index is -4.48. The Balaban J connectivity index is 1.59. The number of thiophene rings is 1. The Bertz CT molecular complexity index is 1380. The molecule has 2 aliphatic heterocycles. The van der Waals surface area contributed by atoms with Crippen LogP contribution in [0.4, 0.5) is 10.1 Å². The molecule has 40 heavy (non-hydrogen) atoms. The van der Waals surface area contributed by atoms with Gasteiger partial charge in [-0.15, -0.1) is 11.3 Å². The van der Waals surface area contributed by atoms with Gasteiger partial charge >= 0.3 is 0 Å². The van der Waals surface area contributed by atoms with E-state index in [4.69, 9.17) is 11.6 Å². The number of halogens is 2. The zero-order chi connectivity index (χ0) is 29.0. The Labute approximate surface area is 240 Å². The molecule has 0 aliphatic carbocycles. The first-order chi connectivity index (χ1) is 19.0. The van der Waals surface area contributed by atoms with Crippen molar-refractivity contribution in [3.05, 3.63) is 44.9 Å². The van der Waals surface area contributed by atoms with Gasteiger partial charge in [0.1, 0.15) is 11.9 Å². The molecule has 3 amide bonds. The molecule has 2 saturated heterocycles. The fraction of sp³-hybridized carbons (Fsp3) is 0.480. The van der Waals surface area contributed by atoms with E-state index in [0.717, 1.165) is 23.5 Å². The highest BCUT2D eigenvalue weighted by molar-refractivity contribution is 7.89. The molecule has 3 N–H and O–H groups in total. The molecule has 1 atom stereocenters. The number of carbonyl (C=O) groups is 3. The largest absolute Gasteiger partial charge is 0.395 e. The number of hydrogen-bond acceptors (Lipinski definition) is 8. The standard InChI is InChI=1S/C25H31ClFN5O6S2/c1-16-19(32-6-2-3-23(32)34)13-17(27)14-21(16)40(37,38)29-18(15-28-24(35)20-4-5-22(26)39-20)25(36)31-9-7-30(8-10-31)11-12-33/h4-5,13-14,18,29,33H,2-3,6-12,15H2,1H3,(H,28,35)/t18-/m0/s1. The van der Waals surface area contributed by atoms with Crippen molar-refractivity contribution >= 4 is 56.4 Å². The lowest BCUT2D eigenvalue weighted by molar-refractivity contribution is -0.134. The van der Waals surface area contributed by atoms with Gasteiger partial charge in [0.15, 0.2) is 0 Å². The van der Waals surface area contributed by atoms with Crippen molar-refractivity contribution in [2.24, 2.45) is 0 Å². The molecule has 2 fully saturated rings. The van der Waals surface area contributed by atoms with Crippen molar-refractivity contribution in [3.8, 4) is 0 Å². The van der Waals surface area contributed by atoms with E-state index in [1.807, 2.05) is 4.90 Å². The molecule has 2 aromatic rings. The van der Waals surface area contributed by atoms with Gasteiger partial charge in [0.25, 0.3) is 5.91 Å². The van der Waals surface area contributed by atoms with E-state index in [9.17, 15) is 32.3 Å². The number of nitrogens with one attached hydrogen (secondary N) is 2. The Morgan fingerprint density at radius 2 is 1.90 bits per heavy atom. The summed E-state index contributed by atoms with van der Waals surface area (Å²) in [6.45, 7) is 3.47. The van der Waals surface area contributed by atoms with E-state index in [-0.39, 0.29) is 41.6 Å². The molecule has 11 nitrogen and oxygen atoms in total. The average molecular weight is 616 g/mol. The number of anilines is 1. The fourth-order valence-electron chi connectivity index (χ4n) is 4.80. The van der Waals surface area contributed by atoms with Gasteiger partial charge in [-0.05, 0) is 43.2 Å². The van der Waals surface area contributed by atoms with Crippen LogP contribution < -0.4 is 14.9 Å². The summed E-state index contributed by atoms with van der Waals surface area (Å²) in [5, 5.41) is 11.8. The lowest BCUT2D eigenvalue weighted by Crippen LogP contribution is -2.57. The first-order valence-corrected chi connectivity index (χ1v) is 15.5. The maximum atomic E-state index is 14.7. The molecule has 2 aliphatic rings. The summed E-state index contributed by atoms with van der Waals surface area (Å²) in [6, 6.07) is 3.64. The number of piperazine rings is 1. The molecule has 1 aromatic heterocycles. The predicted molar refractivity (Wildman–Crippen MR) is 149 cm³/mol. The molecule has 1 aromatic carbocycles. The van der Waals surface area contributed by atoms with Crippen molar-refractivity contribution in [2.75, 3.05) is 57.3 Å². The van der Waals surface area contributed by atoms with Crippen LogP contribution in [-0.2, 0) is 19.6 Å². The summed E-state index contributed by atoms with van der Waals surface area (Å²) in [5.41, 5.74) is 0.332. The van der Waals surface area contributed by atoms with Crippen molar-refractivity contribution < 1.29 is 32.3 Å². The summed E-state index contributed by atoms with van der Waals surface area (Å²) >= 11 is 6.95. The zero-order valence-corrected chi connectivity index (χ0v) is 24.2. The zero-order valence-electron chi connectivity index (χ0n) is 21.9. The van der Waals surface area contributed by atoms with Gasteiger partial charge in [0.05, 0.1) is 26.4 Å². The van der Waals surface area contributed by atoms with Crippen LogP contribution in [0.1, 0.15) is 28.1 Å². The maximum absolute atomic E-state index is 14.7. The summed E-state index contributed by atoms with van der Waals surface area (Å²) in [4.78, 5) is 43.2. The molecule has 218 valence electrons. The van der Waals surface area contributed by atoms with Crippen LogP contribution in [0.3, 0.4) is 0 Å². The van der Waals surface area contributed by atoms with Crippen molar-refractivity contribution in [2.45, 2.75) is 30.7 Å². The Hall–Kier alpha value is -2.62. The number of aliphatic hydroxyl groups excluding tert-OH is 1. The average Bonchev–Trinajstić information content (AvgIpc) is 3.55. The van der Waals surface area contributed by atoms with E-state index in [1.165, 1.54) is 22.8 Å². The minimum Gasteiger partial charge on any atom is -0.395 e. The third-order valence-electron chi connectivity index (χ3n) is 6.91. The first-order valence-electron chi connectivity index (χ1n) is 12.8. The van der Waals surface area contributed by atoms with E-state index in [2.05, 4.69) is 10.0 Å². The second-order valence-corrected chi connectivity index (χ2v) is 13.0. The summed E-state index contributed by atoms with van der Waals surface area (Å²) < 4.78 is 44.6. The van der Waals surface area contributed by atoms with Crippen molar-refractivity contribution in [1.82, 2.24) is 19.8 Å². The van der Waals surface area contributed by atoms with Crippen LogP contribution >= 0.6 is 22.9 Å². The molecule has 4 rings (SSSR count). The van der Waals surface area contributed by atoms with Crippen molar-refractivity contribution in [1.29, 1.82) is 0 Å². The van der Waals surface area contributed by atoms with Gasteiger partial charge in [-0.2, -0.15) is 4.72 Å². The highest BCUT2D eigenvalue weighted by atomic mass is 35.5. The maximum Gasteiger partial charge on any atom is 0.261 e. The quantitative estimate of drug-likeness (QED) is 0.365. The topological polar surface area (TPSA) is 139 Å². The van der Waals surface area contributed by atoms with E-state index < -0.39 is 38.6 Å². The number of rotatable bonds is 10. The Morgan fingerprint density at radius 1 is 1.18 bits per heavy atom. The molecule has 0 radical (unpaired) electrons. The van der Waals surface area contributed by atoms with Crippen LogP contribution in [0, 0.1) is 12.7 Å². The molecule has 15 heteroatoms. The smallest absolute Gasteiger partial charge is 0.261 e. The first kappa shape index (κ1) is 30.3. The lowest BCUT2D eigenvalue weighted by Gasteiger charge is -2.36. The number of carbonyl (C=O) groups excluding carboxylic acids is 3. The molecular formula is C25H31ClFN5O6S2. The lowest BCUT2D eigenvalue weighted by atomic mass is 10.2. The van der Waals surface area contributed by atoms with Crippen LogP contribution in [0.5, 0.6) is 0 Å². The van der Waals surface area contributed by atoms with Crippen LogP contribution in [0.25, 0.3) is 0 Å². The highest BCUT2D eigenvalue weighted by Gasteiger charge is 2.34. The van der Waals surface area contributed by atoms with E-state index in [0.29, 0.717) is 50.0 Å². The van der Waals surface area contributed by atoms with Crippen molar-refractivity contribution in [3.63, 3.8) is 0 Å². The number of hydrogen-bond donors (Lipinski definition) is 3. The van der Waals surface area contributed by atoms with Crippen LogP contribution in [0.2, 0.25) is 4.34 Å². The summed E-state index contributed by atoms with van der Waals surface area (Å²) in [6.07, 6.45) is 0.861. The molecule has 0 saturated carbocycles. The number of benzene rings is 1. The van der Waals surface area contributed by atoms with Gasteiger partial charge in [0.2, 0.25) is 21.8 Å². The second-order valence-electron chi connectivity index (χ2n) is 9.58. The third kappa shape index (κ3) is 6.98. The number of nitrogens with zero attached hydrogens (tertiary/aromatic N) is 3. The number of β-amino-alcohol motifs (C(OH)–C–C–N with tert-alkyl or cyclic N) is 1. The van der Waals surface area contributed by atoms with Gasteiger partial charge < -0.3 is 20.2 Å². The van der Waals surface area contributed by atoms with Gasteiger partial charge in [-0.1, -0.05) is 11.6 Å². The Morgan fingerprint density at radius 3 is 2.50 bits per heavy atom. The Kier molecular flexibility index (Phi) is 9.80. The fourth-order valence-corrected chi connectivity index (χ4v) is 7.23. The predicted octanol–water partition coefficient (Wildman–Crippen LogP) is 1.19. The van der Waals surface area contributed by atoms with Crippen LogP contribution in [0.15, 0.2) is 29.2 Å². The number of sulfonamides is 1. The summed E-state index contributed by atoms with van der Waals surface area (Å²) in [7, 11) is -4.48. The van der Waals surface area contributed by atoms with E-state index in [1.54, 1.807) is 6.07 Å². The third-order valence-corrected chi connectivity index (χ3v) is 9.74. The van der Waals surface area contributed by atoms with Gasteiger partial charge in [0, 0.05) is 52.2 Å².